The lowest BCUT2D eigenvalue weighted by Gasteiger charge is -2.06. The van der Waals surface area contributed by atoms with Crippen LogP contribution in [0.2, 0.25) is 0 Å². The van der Waals surface area contributed by atoms with Crippen molar-refractivity contribution in [1.29, 1.82) is 0 Å². The van der Waals surface area contributed by atoms with E-state index in [0.29, 0.717) is 16.4 Å². The monoisotopic (exact) mass is 252 g/mol. The SMILES string of the molecule is Cc1c(F)cccc1Nc1ncc(C(=O)O)s1. The van der Waals surface area contributed by atoms with Gasteiger partial charge in [0.15, 0.2) is 5.13 Å². The third-order valence-electron chi connectivity index (χ3n) is 2.23. The van der Waals surface area contributed by atoms with Gasteiger partial charge in [0.05, 0.1) is 6.20 Å². The Bertz CT molecular complexity index is 568. The molecule has 0 atom stereocenters. The standard InChI is InChI=1S/C11H9FN2O2S/c1-6-7(12)3-2-4-8(6)14-11-13-5-9(17-11)10(15)16/h2-5H,1H3,(H,13,14)(H,15,16). The number of hydrogen-bond donors (Lipinski definition) is 2. The fourth-order valence-electron chi connectivity index (χ4n) is 1.29. The van der Waals surface area contributed by atoms with E-state index in [1.807, 2.05) is 0 Å². The molecule has 0 aliphatic rings. The van der Waals surface area contributed by atoms with Gasteiger partial charge < -0.3 is 10.4 Å². The van der Waals surface area contributed by atoms with E-state index in [1.54, 1.807) is 19.1 Å². The maximum atomic E-state index is 13.3. The van der Waals surface area contributed by atoms with Crippen molar-refractivity contribution in [3.63, 3.8) is 0 Å². The molecule has 88 valence electrons. The molecule has 1 aromatic heterocycles. The minimum atomic E-state index is -1.02. The summed E-state index contributed by atoms with van der Waals surface area (Å²) >= 11 is 1.01. The van der Waals surface area contributed by atoms with Crippen LogP contribution < -0.4 is 5.32 Å². The third-order valence-corrected chi connectivity index (χ3v) is 3.13. The van der Waals surface area contributed by atoms with Crippen molar-refractivity contribution in [2.45, 2.75) is 6.92 Å². The zero-order chi connectivity index (χ0) is 12.4. The van der Waals surface area contributed by atoms with Crippen molar-refractivity contribution >= 4 is 28.1 Å². The van der Waals surface area contributed by atoms with Gasteiger partial charge in [-0.15, -0.1) is 0 Å². The van der Waals surface area contributed by atoms with E-state index >= 15 is 0 Å². The highest BCUT2D eigenvalue weighted by Crippen LogP contribution is 2.25. The number of thiazole rings is 1. The Morgan fingerprint density at radius 3 is 2.94 bits per heavy atom. The summed E-state index contributed by atoms with van der Waals surface area (Å²) in [6.07, 6.45) is 1.27. The first-order chi connectivity index (χ1) is 8.08. The van der Waals surface area contributed by atoms with Gasteiger partial charge in [-0.2, -0.15) is 0 Å². The number of aromatic carboxylic acids is 1. The lowest BCUT2D eigenvalue weighted by atomic mass is 10.2. The van der Waals surface area contributed by atoms with E-state index in [-0.39, 0.29) is 10.7 Å². The molecule has 0 radical (unpaired) electrons. The number of rotatable bonds is 3. The summed E-state index contributed by atoms with van der Waals surface area (Å²) in [5, 5.41) is 12.1. The van der Waals surface area contributed by atoms with Gasteiger partial charge in [0, 0.05) is 11.3 Å². The molecule has 1 aromatic carbocycles. The molecule has 4 nitrogen and oxygen atoms in total. The smallest absolute Gasteiger partial charge is 0.347 e. The van der Waals surface area contributed by atoms with Gasteiger partial charge in [0.1, 0.15) is 10.7 Å². The van der Waals surface area contributed by atoms with Gasteiger partial charge >= 0.3 is 5.97 Å². The number of nitrogens with one attached hydrogen (secondary N) is 1. The van der Waals surface area contributed by atoms with Crippen LogP contribution in [0.5, 0.6) is 0 Å². The number of carboxylic acid groups (broad SMARTS) is 1. The molecule has 0 saturated heterocycles. The second-order valence-electron chi connectivity index (χ2n) is 3.37. The first kappa shape index (κ1) is 11.5. The minimum absolute atomic E-state index is 0.140. The number of benzene rings is 1. The molecule has 2 aromatic rings. The van der Waals surface area contributed by atoms with Gasteiger partial charge in [-0.3, -0.25) is 0 Å². The van der Waals surface area contributed by atoms with E-state index in [2.05, 4.69) is 10.3 Å². The van der Waals surface area contributed by atoms with Crippen molar-refractivity contribution in [1.82, 2.24) is 4.98 Å². The molecule has 0 spiro atoms. The number of halogens is 1. The molecule has 0 amide bonds. The Labute approximate surface area is 101 Å². The van der Waals surface area contributed by atoms with Crippen LogP contribution >= 0.6 is 11.3 Å². The lowest BCUT2D eigenvalue weighted by molar-refractivity contribution is 0.0702. The van der Waals surface area contributed by atoms with Gasteiger partial charge in [0.25, 0.3) is 0 Å². The Kier molecular flexibility index (Phi) is 3.06. The zero-order valence-corrected chi connectivity index (χ0v) is 9.71. The summed E-state index contributed by atoms with van der Waals surface area (Å²) in [5.41, 5.74) is 1.05. The second kappa shape index (κ2) is 4.50. The molecule has 6 heteroatoms. The van der Waals surface area contributed by atoms with Gasteiger partial charge in [-0.1, -0.05) is 17.4 Å². The van der Waals surface area contributed by atoms with Crippen molar-refractivity contribution in [3.8, 4) is 0 Å². The fraction of sp³-hybridized carbons (Fsp3) is 0.0909. The summed E-state index contributed by atoms with van der Waals surface area (Å²) in [6, 6.07) is 4.65. The molecule has 0 fully saturated rings. The highest BCUT2D eigenvalue weighted by atomic mass is 32.1. The van der Waals surface area contributed by atoms with Crippen molar-refractivity contribution < 1.29 is 14.3 Å². The molecular weight excluding hydrogens is 243 g/mol. The second-order valence-corrected chi connectivity index (χ2v) is 4.40. The quantitative estimate of drug-likeness (QED) is 0.881. The Morgan fingerprint density at radius 1 is 1.53 bits per heavy atom. The summed E-state index contributed by atoms with van der Waals surface area (Å²) in [7, 11) is 0. The van der Waals surface area contributed by atoms with E-state index in [4.69, 9.17) is 5.11 Å². The van der Waals surface area contributed by atoms with Crippen LogP contribution in [-0.2, 0) is 0 Å². The number of aromatic nitrogens is 1. The number of hydrogen-bond acceptors (Lipinski definition) is 4. The Morgan fingerprint density at radius 2 is 2.29 bits per heavy atom. The van der Waals surface area contributed by atoms with Crippen molar-refractivity contribution in [2.75, 3.05) is 5.32 Å². The highest BCUT2D eigenvalue weighted by molar-refractivity contribution is 7.17. The molecule has 0 saturated carbocycles. The van der Waals surface area contributed by atoms with Crippen molar-refractivity contribution in [3.05, 3.63) is 40.7 Å². The number of carbonyl (C=O) groups is 1. The predicted octanol–water partition coefficient (Wildman–Crippen LogP) is 3.03. The predicted molar refractivity (Wildman–Crippen MR) is 63.5 cm³/mol. The summed E-state index contributed by atoms with van der Waals surface area (Å²) in [4.78, 5) is 14.7. The van der Waals surface area contributed by atoms with Gasteiger partial charge in [-0.05, 0) is 19.1 Å². The van der Waals surface area contributed by atoms with E-state index in [9.17, 15) is 9.18 Å². The van der Waals surface area contributed by atoms with Crippen LogP contribution in [0.15, 0.2) is 24.4 Å². The topological polar surface area (TPSA) is 62.2 Å². The van der Waals surface area contributed by atoms with Crippen LogP contribution in [0.4, 0.5) is 15.2 Å². The molecule has 2 rings (SSSR count). The summed E-state index contributed by atoms with van der Waals surface area (Å²) < 4.78 is 13.3. The third kappa shape index (κ3) is 2.42. The molecule has 1 heterocycles. The molecule has 17 heavy (non-hydrogen) atoms. The van der Waals surface area contributed by atoms with Gasteiger partial charge in [-0.25, -0.2) is 14.2 Å². The maximum absolute atomic E-state index is 13.3. The zero-order valence-electron chi connectivity index (χ0n) is 8.90. The normalized spacial score (nSPS) is 10.2. The number of nitrogens with zero attached hydrogens (tertiary/aromatic N) is 1. The van der Waals surface area contributed by atoms with Crippen LogP contribution in [-0.4, -0.2) is 16.1 Å². The summed E-state index contributed by atoms with van der Waals surface area (Å²) in [6.45, 7) is 1.64. The minimum Gasteiger partial charge on any atom is -0.477 e. The number of carboxylic acids is 1. The maximum Gasteiger partial charge on any atom is 0.347 e. The van der Waals surface area contributed by atoms with Crippen LogP contribution in [0, 0.1) is 12.7 Å². The fourth-order valence-corrected chi connectivity index (χ4v) is 1.96. The number of anilines is 2. The Balaban J connectivity index is 2.25. The van der Waals surface area contributed by atoms with Crippen LogP contribution in [0.25, 0.3) is 0 Å². The van der Waals surface area contributed by atoms with E-state index in [0.717, 1.165) is 11.3 Å². The molecule has 0 bridgehead atoms. The van der Waals surface area contributed by atoms with E-state index < -0.39 is 5.97 Å². The first-order valence-electron chi connectivity index (χ1n) is 4.79. The van der Waals surface area contributed by atoms with Crippen LogP contribution in [0.1, 0.15) is 15.2 Å². The Hall–Kier alpha value is -1.95. The van der Waals surface area contributed by atoms with E-state index in [1.165, 1.54) is 12.3 Å². The van der Waals surface area contributed by atoms with Crippen molar-refractivity contribution in [2.24, 2.45) is 0 Å². The average Bonchev–Trinajstić information content (AvgIpc) is 2.73. The lowest BCUT2D eigenvalue weighted by Crippen LogP contribution is -1.94. The molecular formula is C11H9FN2O2S. The highest BCUT2D eigenvalue weighted by Gasteiger charge is 2.10. The molecule has 0 aliphatic carbocycles. The molecule has 0 aliphatic heterocycles. The largest absolute Gasteiger partial charge is 0.477 e. The molecule has 0 unspecified atom stereocenters. The average molecular weight is 252 g/mol. The van der Waals surface area contributed by atoms with Crippen LogP contribution in [0.3, 0.4) is 0 Å². The molecule has 2 N–H and O–H groups in total. The summed E-state index contributed by atoms with van der Waals surface area (Å²) in [5.74, 6) is -1.34. The first-order valence-corrected chi connectivity index (χ1v) is 5.61. The van der Waals surface area contributed by atoms with Gasteiger partial charge in [0.2, 0.25) is 0 Å².